The second kappa shape index (κ2) is 16.9. The van der Waals surface area contributed by atoms with Crippen LogP contribution in [0.4, 0.5) is 0 Å². The van der Waals surface area contributed by atoms with Gasteiger partial charge in [-0.2, -0.15) is 0 Å². The van der Waals surface area contributed by atoms with Gasteiger partial charge in [-0.25, -0.2) is 0 Å². The molecule has 0 atom stereocenters. The highest BCUT2D eigenvalue weighted by Gasteiger charge is 2.36. The van der Waals surface area contributed by atoms with E-state index in [0.717, 1.165) is 0 Å². The van der Waals surface area contributed by atoms with Gasteiger partial charge in [-0.1, -0.05) is 281 Å². The van der Waals surface area contributed by atoms with E-state index < -0.39 is 32.3 Å². The molecule has 0 aliphatic heterocycles. The largest absolute Gasteiger partial charge is 0.0776 e. The van der Waals surface area contributed by atoms with Crippen molar-refractivity contribution in [2.45, 2.75) is 78.6 Å². The molecule has 0 heterocycles. The van der Waals surface area contributed by atoms with Crippen LogP contribution in [0.15, 0.2) is 194 Å². The van der Waals surface area contributed by atoms with Crippen LogP contribution in [0.2, 0.25) is 78.6 Å². The number of hydrogen-bond donors (Lipinski definition) is 0. The van der Waals surface area contributed by atoms with Crippen molar-refractivity contribution < 1.29 is 0 Å². The molecule has 404 valence electrons. The first-order valence-corrected chi connectivity index (χ1v) is 44.6. The number of hydrogen-bond acceptors (Lipinski definition) is 0. The minimum atomic E-state index is -1.78. The lowest BCUT2D eigenvalue weighted by atomic mass is 9.81. The molecular weight excluding hydrogens is 1070 g/mol. The van der Waals surface area contributed by atoms with Crippen LogP contribution >= 0.6 is 0 Å². The molecule has 0 saturated heterocycles. The molecular formula is C80H68Si4. The summed E-state index contributed by atoms with van der Waals surface area (Å²) in [5, 5.41) is 36.0. The molecule has 0 amide bonds. The smallest absolute Gasteiger partial charge is 0.0656 e. The monoisotopic (exact) mass is 1140 g/mol. The van der Waals surface area contributed by atoms with Crippen molar-refractivity contribution in [3.8, 4) is 55.6 Å². The van der Waals surface area contributed by atoms with Crippen LogP contribution < -0.4 is 20.7 Å². The van der Waals surface area contributed by atoms with E-state index in [4.69, 9.17) is 0 Å². The van der Waals surface area contributed by atoms with Crippen molar-refractivity contribution in [1.29, 1.82) is 0 Å². The van der Waals surface area contributed by atoms with Gasteiger partial charge in [0, 0.05) is 0 Å². The summed E-state index contributed by atoms with van der Waals surface area (Å²) < 4.78 is 0. The molecule has 16 aromatic rings. The van der Waals surface area contributed by atoms with Gasteiger partial charge < -0.3 is 0 Å². The summed E-state index contributed by atoms with van der Waals surface area (Å²) >= 11 is 0. The van der Waals surface area contributed by atoms with Crippen molar-refractivity contribution in [1.82, 2.24) is 0 Å². The molecule has 4 heteroatoms. The maximum atomic E-state index is 2.64. The predicted molar refractivity (Wildman–Crippen MR) is 385 cm³/mol. The van der Waals surface area contributed by atoms with Crippen molar-refractivity contribution in [3.05, 3.63) is 194 Å². The molecule has 17 rings (SSSR count). The van der Waals surface area contributed by atoms with Crippen LogP contribution in [0.5, 0.6) is 0 Å². The van der Waals surface area contributed by atoms with E-state index in [-0.39, 0.29) is 0 Å². The maximum absolute atomic E-state index is 2.64. The van der Waals surface area contributed by atoms with E-state index >= 15 is 0 Å². The van der Waals surface area contributed by atoms with Crippen LogP contribution in [-0.4, -0.2) is 32.3 Å². The van der Waals surface area contributed by atoms with E-state index in [1.165, 1.54) is 174 Å². The standard InChI is InChI=1S/C80H68Si4/c1-81(2,3)50-37-48(38-51(43-50)82(4,5)6)69-66-41-46-23-16-17-24-47(46)42-67(66)70(49-39-52(83(7,8)9)44-53(40-49)84(10,11)12)79-64-35-31-58-60-32-36-65-75-62(33-29-59(72(60)75)57-30-34-63(78(69)79)74(64)71(57)58)77-68(45-21-14-13-15-22-45)61-28-20-27-55-54-25-18-19-26-56(54)76(73(55)61)80(65)77/h13-44H,1-12H3. The Hall–Kier alpha value is -7.97. The Morgan fingerprint density at radius 1 is 0.190 bits per heavy atom. The Morgan fingerprint density at radius 3 is 1.04 bits per heavy atom. The van der Waals surface area contributed by atoms with Crippen molar-refractivity contribution in [2.75, 3.05) is 0 Å². The first-order chi connectivity index (χ1) is 40.2. The zero-order valence-corrected chi connectivity index (χ0v) is 54.5. The average Bonchev–Trinajstić information content (AvgIpc) is 1.49. The second-order valence-electron chi connectivity index (χ2n) is 29.1. The van der Waals surface area contributed by atoms with Gasteiger partial charge >= 0.3 is 0 Å². The Balaban J connectivity index is 1.05. The van der Waals surface area contributed by atoms with Gasteiger partial charge in [0.1, 0.15) is 0 Å². The summed E-state index contributed by atoms with van der Waals surface area (Å²) in [4.78, 5) is 0. The third-order valence-corrected chi connectivity index (χ3v) is 28.0. The minimum absolute atomic E-state index is 1.27. The van der Waals surface area contributed by atoms with E-state index in [1.54, 1.807) is 20.7 Å². The molecule has 0 unspecified atom stereocenters. The number of benzene rings is 14. The van der Waals surface area contributed by atoms with Gasteiger partial charge in [0.15, 0.2) is 0 Å². The third-order valence-electron chi connectivity index (χ3n) is 19.9. The highest BCUT2D eigenvalue weighted by atomic mass is 28.3. The Labute approximate surface area is 496 Å². The summed E-state index contributed by atoms with van der Waals surface area (Å²) in [5.74, 6) is 0. The molecule has 0 fully saturated rings. The molecule has 1 aliphatic rings. The third kappa shape index (κ3) is 6.85. The number of rotatable bonds is 7. The summed E-state index contributed by atoms with van der Waals surface area (Å²) in [6, 6.07) is 77.7. The number of fused-ring (bicyclic) bond motifs is 14. The lowest BCUT2D eigenvalue weighted by molar-refractivity contribution is 1.62. The van der Waals surface area contributed by atoms with E-state index in [1.807, 2.05) is 0 Å². The molecule has 16 aromatic carbocycles. The summed E-state index contributed by atoms with van der Waals surface area (Å²) in [6.07, 6.45) is 0. The Kier molecular flexibility index (Phi) is 10.2. The molecule has 0 N–H and O–H groups in total. The highest BCUT2D eigenvalue weighted by Crippen LogP contribution is 2.61. The Morgan fingerprint density at radius 2 is 0.536 bits per heavy atom. The van der Waals surface area contributed by atoms with Crippen molar-refractivity contribution >= 4 is 172 Å². The summed E-state index contributed by atoms with van der Waals surface area (Å²) in [6.45, 7) is 30.5. The van der Waals surface area contributed by atoms with Gasteiger partial charge in [0.25, 0.3) is 0 Å². The van der Waals surface area contributed by atoms with Crippen LogP contribution in [0.25, 0.3) is 174 Å². The molecule has 0 spiro atoms. The first kappa shape index (κ1) is 50.5. The van der Waals surface area contributed by atoms with Gasteiger partial charge in [-0.05, 0) is 186 Å². The van der Waals surface area contributed by atoms with Crippen LogP contribution in [-0.2, 0) is 0 Å². The maximum Gasteiger partial charge on any atom is 0.0776 e. The fraction of sp³-hybridized carbons (Fsp3) is 0.150. The second-order valence-corrected chi connectivity index (χ2v) is 49.4. The zero-order chi connectivity index (χ0) is 57.4. The lowest BCUT2D eigenvalue weighted by Gasteiger charge is -2.28. The van der Waals surface area contributed by atoms with Crippen molar-refractivity contribution in [2.24, 2.45) is 0 Å². The first-order valence-electron chi connectivity index (χ1n) is 30.6. The summed E-state index contributed by atoms with van der Waals surface area (Å²) in [5.41, 5.74) is 13.7. The normalized spacial score (nSPS) is 13.5. The average molecular weight is 1140 g/mol. The molecule has 1 aliphatic carbocycles. The van der Waals surface area contributed by atoms with Gasteiger partial charge in [-0.15, -0.1) is 0 Å². The van der Waals surface area contributed by atoms with E-state index in [2.05, 4.69) is 273 Å². The fourth-order valence-corrected chi connectivity index (χ4v) is 20.7. The van der Waals surface area contributed by atoms with Gasteiger partial charge in [-0.3, -0.25) is 0 Å². The lowest BCUT2D eigenvalue weighted by Crippen LogP contribution is -2.45. The quantitative estimate of drug-likeness (QED) is 0.0848. The Bertz CT molecular complexity index is 5300. The molecule has 0 aromatic heterocycles. The fourth-order valence-electron chi connectivity index (χ4n) is 15.7. The topological polar surface area (TPSA) is 0 Å². The van der Waals surface area contributed by atoms with E-state index in [0.29, 0.717) is 0 Å². The molecule has 0 nitrogen and oxygen atoms in total. The minimum Gasteiger partial charge on any atom is -0.0656 e. The van der Waals surface area contributed by atoms with Crippen LogP contribution in [0, 0.1) is 0 Å². The highest BCUT2D eigenvalue weighted by molar-refractivity contribution is 6.92. The molecule has 0 bridgehead atoms. The zero-order valence-electron chi connectivity index (χ0n) is 50.5. The molecule has 0 radical (unpaired) electrons. The molecule has 84 heavy (non-hydrogen) atoms. The van der Waals surface area contributed by atoms with Crippen LogP contribution in [0.3, 0.4) is 0 Å². The van der Waals surface area contributed by atoms with Gasteiger partial charge in [0.05, 0.1) is 32.3 Å². The predicted octanol–water partition coefficient (Wildman–Crippen LogP) is 21.5. The van der Waals surface area contributed by atoms with Gasteiger partial charge in [0.2, 0.25) is 0 Å². The van der Waals surface area contributed by atoms with Crippen molar-refractivity contribution in [3.63, 3.8) is 0 Å². The SMILES string of the molecule is C[Si](C)(C)c1cc(-c2c3c(c(-c4cc([Si](C)(C)C)cc([Si](C)(C)C)c4)c4cc5ccccc5cc24)-c2ccc4c5ccc6c7c(ccc(c8ccc-3c2c84)c57)c2c(-c3ccccc3)c3cccc4c5ccccc5c(c34)c62)cc([Si](C)(C)C)c1. The van der Waals surface area contributed by atoms with Crippen LogP contribution in [0.1, 0.15) is 0 Å². The van der Waals surface area contributed by atoms with E-state index in [9.17, 15) is 0 Å². The summed E-state index contributed by atoms with van der Waals surface area (Å²) in [7, 11) is -7.14. The molecule has 0 saturated carbocycles.